The molecule has 1 atom stereocenters. The van der Waals surface area contributed by atoms with Crippen molar-refractivity contribution in [3.63, 3.8) is 0 Å². The van der Waals surface area contributed by atoms with Crippen molar-refractivity contribution in [1.82, 2.24) is 15.0 Å². The van der Waals surface area contributed by atoms with Crippen LogP contribution in [0.25, 0.3) is 0 Å². The first-order chi connectivity index (χ1) is 8.22. The van der Waals surface area contributed by atoms with E-state index >= 15 is 0 Å². The average molecular weight is 239 g/mol. The number of methoxy groups -OCH3 is 1. The molecule has 94 valence electrons. The van der Waals surface area contributed by atoms with Crippen molar-refractivity contribution in [2.75, 3.05) is 20.2 Å². The van der Waals surface area contributed by atoms with E-state index in [-0.39, 0.29) is 11.9 Å². The molecule has 0 N–H and O–H groups in total. The van der Waals surface area contributed by atoms with E-state index in [1.807, 2.05) is 6.92 Å². The minimum Gasteiger partial charge on any atom is -0.469 e. The summed E-state index contributed by atoms with van der Waals surface area (Å²) < 4.78 is 9.78. The lowest BCUT2D eigenvalue weighted by atomic mass is 10.1. The topological polar surface area (TPSA) is 68.5 Å². The van der Waals surface area contributed by atoms with Gasteiger partial charge in [-0.3, -0.25) is 9.69 Å². The Labute approximate surface area is 99.9 Å². The van der Waals surface area contributed by atoms with Crippen LogP contribution >= 0.6 is 0 Å². The van der Waals surface area contributed by atoms with Gasteiger partial charge < -0.3 is 9.26 Å². The zero-order valence-electron chi connectivity index (χ0n) is 10.2. The van der Waals surface area contributed by atoms with Crippen LogP contribution < -0.4 is 0 Å². The first-order valence-corrected chi connectivity index (χ1v) is 5.84. The number of aromatic nitrogens is 2. The third kappa shape index (κ3) is 2.82. The summed E-state index contributed by atoms with van der Waals surface area (Å²) in [5, 5.41) is 3.90. The number of esters is 1. The third-order valence-corrected chi connectivity index (χ3v) is 2.98. The lowest BCUT2D eigenvalue weighted by Crippen LogP contribution is -2.24. The minimum atomic E-state index is -0.130. The van der Waals surface area contributed by atoms with E-state index in [1.165, 1.54) is 7.11 Å². The standard InChI is InChI=1S/C11H17N3O3/c1-3-10-12-9(13-17-10)7-14-5-4-8(6-14)11(15)16-2/h8H,3-7H2,1-2H3. The third-order valence-electron chi connectivity index (χ3n) is 2.98. The summed E-state index contributed by atoms with van der Waals surface area (Å²) in [5.74, 6) is 1.20. The highest BCUT2D eigenvalue weighted by Gasteiger charge is 2.29. The molecule has 0 saturated carbocycles. The molecule has 0 amide bonds. The molecule has 17 heavy (non-hydrogen) atoms. The van der Waals surface area contributed by atoms with Gasteiger partial charge in [-0.25, -0.2) is 0 Å². The molecule has 1 aliphatic heterocycles. The maximum Gasteiger partial charge on any atom is 0.310 e. The second-order valence-electron chi connectivity index (χ2n) is 4.20. The Bertz CT molecular complexity index is 391. The van der Waals surface area contributed by atoms with Crippen LogP contribution in [0.15, 0.2) is 4.52 Å². The van der Waals surface area contributed by atoms with E-state index in [9.17, 15) is 4.79 Å². The van der Waals surface area contributed by atoms with Crippen molar-refractivity contribution in [3.8, 4) is 0 Å². The molecule has 2 heterocycles. The number of hydrogen-bond acceptors (Lipinski definition) is 6. The highest BCUT2D eigenvalue weighted by atomic mass is 16.5. The zero-order chi connectivity index (χ0) is 12.3. The molecular formula is C11H17N3O3. The lowest BCUT2D eigenvalue weighted by molar-refractivity contribution is -0.144. The van der Waals surface area contributed by atoms with Crippen LogP contribution in [0.1, 0.15) is 25.1 Å². The van der Waals surface area contributed by atoms with Gasteiger partial charge in [0.15, 0.2) is 5.82 Å². The van der Waals surface area contributed by atoms with Gasteiger partial charge in [0.2, 0.25) is 5.89 Å². The Morgan fingerprint density at radius 1 is 1.65 bits per heavy atom. The predicted molar refractivity (Wildman–Crippen MR) is 59.1 cm³/mol. The number of aryl methyl sites for hydroxylation is 1. The summed E-state index contributed by atoms with van der Waals surface area (Å²) in [4.78, 5) is 17.8. The van der Waals surface area contributed by atoms with Crippen molar-refractivity contribution < 1.29 is 14.1 Å². The number of rotatable bonds is 4. The number of likely N-dealkylation sites (tertiary alicyclic amines) is 1. The van der Waals surface area contributed by atoms with Gasteiger partial charge in [0.25, 0.3) is 0 Å². The first-order valence-electron chi connectivity index (χ1n) is 5.84. The number of carbonyl (C=O) groups is 1. The fourth-order valence-electron chi connectivity index (χ4n) is 2.03. The Morgan fingerprint density at radius 3 is 3.12 bits per heavy atom. The predicted octanol–water partition coefficient (Wildman–Crippen LogP) is 0.627. The minimum absolute atomic E-state index is 0.0162. The van der Waals surface area contributed by atoms with Gasteiger partial charge in [0.05, 0.1) is 19.6 Å². The Balaban J connectivity index is 1.87. The molecule has 1 aromatic rings. The Morgan fingerprint density at radius 2 is 2.47 bits per heavy atom. The van der Waals surface area contributed by atoms with E-state index in [4.69, 9.17) is 9.26 Å². The van der Waals surface area contributed by atoms with Crippen LogP contribution in [-0.4, -0.2) is 41.2 Å². The molecule has 1 aliphatic rings. The number of nitrogens with zero attached hydrogens (tertiary/aromatic N) is 3. The van der Waals surface area contributed by atoms with Gasteiger partial charge in [-0.2, -0.15) is 4.98 Å². The maximum absolute atomic E-state index is 11.4. The molecular weight excluding hydrogens is 222 g/mol. The highest BCUT2D eigenvalue weighted by Crippen LogP contribution is 2.18. The molecule has 1 aromatic heterocycles. The molecule has 1 saturated heterocycles. The summed E-state index contributed by atoms with van der Waals surface area (Å²) in [7, 11) is 1.43. The normalized spacial score (nSPS) is 20.7. The Hall–Kier alpha value is -1.43. The van der Waals surface area contributed by atoms with Crippen LogP contribution in [0.3, 0.4) is 0 Å². The summed E-state index contributed by atoms with van der Waals surface area (Å²) in [5.41, 5.74) is 0. The smallest absolute Gasteiger partial charge is 0.310 e. The van der Waals surface area contributed by atoms with E-state index in [0.29, 0.717) is 24.8 Å². The van der Waals surface area contributed by atoms with Gasteiger partial charge >= 0.3 is 5.97 Å². The van der Waals surface area contributed by atoms with Crippen LogP contribution in [0, 0.1) is 5.92 Å². The zero-order valence-corrected chi connectivity index (χ0v) is 10.2. The van der Waals surface area contributed by atoms with Gasteiger partial charge in [-0.15, -0.1) is 0 Å². The highest BCUT2D eigenvalue weighted by molar-refractivity contribution is 5.72. The number of ether oxygens (including phenoxy) is 1. The van der Waals surface area contributed by atoms with Crippen molar-refractivity contribution >= 4 is 5.97 Å². The van der Waals surface area contributed by atoms with Crippen molar-refractivity contribution in [3.05, 3.63) is 11.7 Å². The van der Waals surface area contributed by atoms with E-state index in [1.54, 1.807) is 0 Å². The van der Waals surface area contributed by atoms with Crippen LogP contribution in [0.5, 0.6) is 0 Å². The fraction of sp³-hybridized carbons (Fsp3) is 0.727. The van der Waals surface area contributed by atoms with Crippen molar-refractivity contribution in [2.24, 2.45) is 5.92 Å². The van der Waals surface area contributed by atoms with Gasteiger partial charge in [0, 0.05) is 13.0 Å². The monoisotopic (exact) mass is 239 g/mol. The summed E-state index contributed by atoms with van der Waals surface area (Å²) in [6.45, 7) is 4.19. The molecule has 0 bridgehead atoms. The molecule has 1 unspecified atom stereocenters. The van der Waals surface area contributed by atoms with E-state index in [0.717, 1.165) is 19.4 Å². The molecule has 0 radical (unpaired) electrons. The second kappa shape index (κ2) is 5.27. The molecule has 1 fully saturated rings. The van der Waals surface area contributed by atoms with Gasteiger partial charge in [-0.05, 0) is 13.0 Å². The summed E-state index contributed by atoms with van der Waals surface area (Å²) >= 11 is 0. The fourth-order valence-corrected chi connectivity index (χ4v) is 2.03. The van der Waals surface area contributed by atoms with Gasteiger partial charge in [-0.1, -0.05) is 12.1 Å². The molecule has 0 spiro atoms. The lowest BCUT2D eigenvalue weighted by Gasteiger charge is -2.12. The van der Waals surface area contributed by atoms with E-state index in [2.05, 4.69) is 15.0 Å². The van der Waals surface area contributed by atoms with Crippen LogP contribution in [0.4, 0.5) is 0 Å². The average Bonchev–Trinajstić information content (AvgIpc) is 2.97. The quantitative estimate of drug-likeness (QED) is 0.718. The maximum atomic E-state index is 11.4. The van der Waals surface area contributed by atoms with Crippen molar-refractivity contribution in [1.29, 1.82) is 0 Å². The molecule has 6 nitrogen and oxygen atoms in total. The molecule has 2 rings (SSSR count). The number of hydrogen-bond donors (Lipinski definition) is 0. The first kappa shape index (κ1) is 12.0. The SMILES string of the molecule is CCc1nc(CN2CCC(C(=O)OC)C2)no1. The van der Waals surface area contributed by atoms with Crippen molar-refractivity contribution in [2.45, 2.75) is 26.3 Å². The molecule has 0 aromatic carbocycles. The molecule has 0 aliphatic carbocycles. The largest absolute Gasteiger partial charge is 0.469 e. The van der Waals surface area contributed by atoms with Crippen LogP contribution in [-0.2, 0) is 22.5 Å². The van der Waals surface area contributed by atoms with Gasteiger partial charge in [0.1, 0.15) is 0 Å². The number of carbonyl (C=O) groups excluding carboxylic acids is 1. The summed E-state index contributed by atoms with van der Waals surface area (Å²) in [6.07, 6.45) is 1.59. The summed E-state index contributed by atoms with van der Waals surface area (Å²) in [6, 6.07) is 0. The Kier molecular flexibility index (Phi) is 3.73. The second-order valence-corrected chi connectivity index (χ2v) is 4.20. The van der Waals surface area contributed by atoms with E-state index < -0.39 is 0 Å². The van der Waals surface area contributed by atoms with Crippen LogP contribution in [0.2, 0.25) is 0 Å². The molecule has 6 heteroatoms.